The molecule has 0 aliphatic rings. The van der Waals surface area contributed by atoms with Gasteiger partial charge >= 0.3 is 5.91 Å². The summed E-state index contributed by atoms with van der Waals surface area (Å²) in [5.41, 5.74) is 10.3. The quantitative estimate of drug-likeness (QED) is 0.329. The maximum absolute atomic E-state index is 11.1. The van der Waals surface area contributed by atoms with Crippen LogP contribution in [-0.2, 0) is 0 Å². The van der Waals surface area contributed by atoms with Crippen molar-refractivity contribution in [2.75, 3.05) is 13.1 Å². The number of hydrogen-bond donors (Lipinski definition) is 4. The van der Waals surface area contributed by atoms with Gasteiger partial charge in [0.25, 0.3) is 0 Å². The van der Waals surface area contributed by atoms with Crippen molar-refractivity contribution >= 4 is 5.91 Å². The Morgan fingerprint density at radius 2 is 2.58 bits per heavy atom. The molecule has 6 heteroatoms. The van der Waals surface area contributed by atoms with Crippen molar-refractivity contribution in [3.8, 4) is 0 Å². The highest BCUT2D eigenvalue weighted by atomic mass is 16.2. The van der Waals surface area contributed by atoms with E-state index < -0.39 is 0 Å². The van der Waals surface area contributed by atoms with Crippen LogP contribution in [0.4, 0.5) is 0 Å². The summed E-state index contributed by atoms with van der Waals surface area (Å²) < 4.78 is 0. The molecule has 0 radical (unpaired) electrons. The van der Waals surface area contributed by atoms with Crippen LogP contribution in [0.5, 0.6) is 0 Å². The molecular weight excluding hydrogens is 158 g/mol. The molecule has 0 bridgehead atoms. The fourth-order valence-corrected chi connectivity index (χ4v) is 0.664. The Hall–Kier alpha value is -1.40. The molecule has 1 aromatic rings. The molecule has 0 saturated heterocycles. The topological polar surface area (TPSA) is 95.8 Å². The molecule has 0 saturated carbocycles. The van der Waals surface area contributed by atoms with Gasteiger partial charge in [-0.15, -0.1) is 0 Å². The molecule has 0 aliphatic heterocycles. The number of carbonyl (C=O) groups is 1. The van der Waals surface area contributed by atoms with Crippen LogP contribution in [0.25, 0.3) is 0 Å². The Balaban J connectivity index is 2.30. The average molecular weight is 169 g/mol. The summed E-state index contributed by atoms with van der Waals surface area (Å²) in [7, 11) is 0. The lowest BCUT2D eigenvalue weighted by molar-refractivity contribution is 0.0924. The maximum atomic E-state index is 11.1. The number of hydrogen-bond acceptors (Lipinski definition) is 4. The van der Waals surface area contributed by atoms with E-state index in [0.29, 0.717) is 13.1 Å². The first-order valence-corrected chi connectivity index (χ1v) is 3.57. The Morgan fingerprint density at radius 1 is 1.75 bits per heavy atom. The molecule has 0 unspecified atom stereocenters. The number of carbonyl (C=O) groups excluding carboxylic acids is 1. The summed E-state index contributed by atoms with van der Waals surface area (Å²) in [6.45, 7) is 1.00. The van der Waals surface area contributed by atoms with Crippen LogP contribution < -0.4 is 16.6 Å². The molecule has 1 amide bonds. The third-order valence-corrected chi connectivity index (χ3v) is 1.18. The van der Waals surface area contributed by atoms with E-state index in [1.807, 2.05) is 0 Å². The molecule has 0 fully saturated rings. The first-order valence-electron chi connectivity index (χ1n) is 3.57. The zero-order valence-electron chi connectivity index (χ0n) is 6.50. The third-order valence-electron chi connectivity index (χ3n) is 1.18. The van der Waals surface area contributed by atoms with Gasteiger partial charge in [0.05, 0.1) is 0 Å². The molecule has 66 valence electrons. The Morgan fingerprint density at radius 3 is 3.17 bits per heavy atom. The zero-order valence-corrected chi connectivity index (χ0v) is 6.50. The van der Waals surface area contributed by atoms with Crippen LogP contribution in [0.2, 0.25) is 0 Å². The second-order valence-electron chi connectivity index (χ2n) is 2.11. The van der Waals surface area contributed by atoms with E-state index in [1.165, 1.54) is 6.20 Å². The number of nitrogens with zero attached hydrogens (tertiary/aromatic N) is 1. The third kappa shape index (κ3) is 2.33. The van der Waals surface area contributed by atoms with E-state index in [1.54, 1.807) is 6.20 Å². The van der Waals surface area contributed by atoms with Gasteiger partial charge in [0, 0.05) is 25.5 Å². The largest absolute Gasteiger partial charge is 0.340 e. The van der Waals surface area contributed by atoms with Gasteiger partial charge in [-0.1, -0.05) is 0 Å². The van der Waals surface area contributed by atoms with Crippen molar-refractivity contribution in [1.82, 2.24) is 20.8 Å². The molecule has 0 spiro atoms. The SMILES string of the molecule is NCCNNC(=O)c1ncc[nH]1. The van der Waals surface area contributed by atoms with Gasteiger partial charge in [-0.25, -0.2) is 10.4 Å². The first-order chi connectivity index (χ1) is 5.84. The van der Waals surface area contributed by atoms with Gasteiger partial charge in [0.15, 0.2) is 5.82 Å². The van der Waals surface area contributed by atoms with E-state index in [0.717, 1.165) is 0 Å². The van der Waals surface area contributed by atoms with Gasteiger partial charge in [0.2, 0.25) is 0 Å². The summed E-state index contributed by atoms with van der Waals surface area (Å²) in [6.07, 6.45) is 3.09. The second-order valence-corrected chi connectivity index (χ2v) is 2.11. The monoisotopic (exact) mass is 169 g/mol. The van der Waals surface area contributed by atoms with Crippen LogP contribution in [0.15, 0.2) is 12.4 Å². The predicted molar refractivity (Wildman–Crippen MR) is 43.1 cm³/mol. The highest BCUT2D eigenvalue weighted by molar-refractivity contribution is 5.89. The van der Waals surface area contributed by atoms with Crippen LogP contribution in [-0.4, -0.2) is 29.0 Å². The van der Waals surface area contributed by atoms with Crippen molar-refractivity contribution in [2.45, 2.75) is 0 Å². The number of H-pyrrole nitrogens is 1. The van der Waals surface area contributed by atoms with E-state index in [-0.39, 0.29) is 11.7 Å². The number of aromatic nitrogens is 2. The van der Waals surface area contributed by atoms with Crippen molar-refractivity contribution in [2.24, 2.45) is 5.73 Å². The van der Waals surface area contributed by atoms with Crippen LogP contribution >= 0.6 is 0 Å². The summed E-state index contributed by atoms with van der Waals surface area (Å²) in [5.74, 6) is -0.0204. The second kappa shape index (κ2) is 4.47. The minimum Gasteiger partial charge on any atom is -0.340 e. The fourth-order valence-electron chi connectivity index (χ4n) is 0.664. The Kier molecular flexibility index (Phi) is 3.24. The van der Waals surface area contributed by atoms with Crippen molar-refractivity contribution in [3.63, 3.8) is 0 Å². The van der Waals surface area contributed by atoms with Crippen molar-refractivity contribution in [3.05, 3.63) is 18.2 Å². The van der Waals surface area contributed by atoms with Crippen molar-refractivity contribution < 1.29 is 4.79 Å². The molecule has 5 N–H and O–H groups in total. The zero-order chi connectivity index (χ0) is 8.81. The number of nitrogens with two attached hydrogens (primary N) is 1. The lowest BCUT2D eigenvalue weighted by Crippen LogP contribution is -2.40. The summed E-state index contributed by atoms with van der Waals surface area (Å²) in [4.78, 5) is 17.5. The maximum Gasteiger partial charge on any atom is 0.301 e. The number of hydrazine groups is 1. The Labute approximate surface area is 69.5 Å². The molecule has 0 aromatic carbocycles. The van der Waals surface area contributed by atoms with E-state index in [9.17, 15) is 4.79 Å². The van der Waals surface area contributed by atoms with Gasteiger partial charge in [-0.2, -0.15) is 0 Å². The highest BCUT2D eigenvalue weighted by Gasteiger charge is 2.04. The van der Waals surface area contributed by atoms with Gasteiger partial charge < -0.3 is 10.7 Å². The number of amides is 1. The number of rotatable bonds is 4. The highest BCUT2D eigenvalue weighted by Crippen LogP contribution is 1.85. The van der Waals surface area contributed by atoms with Crippen LogP contribution in [0, 0.1) is 0 Å². The van der Waals surface area contributed by atoms with E-state index in [4.69, 9.17) is 5.73 Å². The number of aromatic amines is 1. The molecule has 0 aliphatic carbocycles. The molecule has 6 nitrogen and oxygen atoms in total. The Bertz CT molecular complexity index is 232. The molecular formula is C6H11N5O. The van der Waals surface area contributed by atoms with E-state index >= 15 is 0 Å². The lowest BCUT2D eigenvalue weighted by atomic mass is 10.6. The molecule has 1 aromatic heterocycles. The molecule has 1 rings (SSSR count). The lowest BCUT2D eigenvalue weighted by Gasteiger charge is -2.02. The number of nitrogens with one attached hydrogen (secondary N) is 3. The minimum atomic E-state index is -0.298. The van der Waals surface area contributed by atoms with Crippen molar-refractivity contribution in [1.29, 1.82) is 0 Å². The van der Waals surface area contributed by atoms with Gasteiger partial charge in [-0.05, 0) is 0 Å². The van der Waals surface area contributed by atoms with Gasteiger partial charge in [-0.3, -0.25) is 10.2 Å². The predicted octanol–water partition coefficient (Wildman–Crippen LogP) is -1.40. The minimum absolute atomic E-state index is 0.277. The van der Waals surface area contributed by atoms with Crippen LogP contribution in [0.3, 0.4) is 0 Å². The smallest absolute Gasteiger partial charge is 0.301 e. The van der Waals surface area contributed by atoms with Crippen LogP contribution in [0.1, 0.15) is 10.6 Å². The fraction of sp³-hybridized carbons (Fsp3) is 0.333. The molecule has 1 heterocycles. The molecule has 12 heavy (non-hydrogen) atoms. The average Bonchev–Trinajstić information content (AvgIpc) is 2.56. The molecule has 0 atom stereocenters. The standard InChI is InChI=1S/C6H11N5O/c7-1-2-10-11-6(12)5-8-3-4-9-5/h3-4,10H,1-2,7H2,(H,8,9)(H,11,12). The first kappa shape index (κ1) is 8.69. The van der Waals surface area contributed by atoms with Gasteiger partial charge in [0.1, 0.15) is 0 Å². The number of imidazole rings is 1. The summed E-state index contributed by atoms with van der Waals surface area (Å²) >= 11 is 0. The summed E-state index contributed by atoms with van der Waals surface area (Å²) in [6, 6.07) is 0. The summed E-state index contributed by atoms with van der Waals surface area (Å²) in [5, 5.41) is 0. The van der Waals surface area contributed by atoms with E-state index in [2.05, 4.69) is 20.8 Å². The normalized spacial score (nSPS) is 9.75.